The van der Waals surface area contributed by atoms with Crippen LogP contribution in [0.2, 0.25) is 5.02 Å². The van der Waals surface area contributed by atoms with Crippen LogP contribution in [0.15, 0.2) is 42.5 Å². The summed E-state index contributed by atoms with van der Waals surface area (Å²) in [7, 11) is 1.93. The molecule has 2 aromatic carbocycles. The molecule has 8 heteroatoms. The highest BCUT2D eigenvalue weighted by Crippen LogP contribution is 2.40. The van der Waals surface area contributed by atoms with Crippen LogP contribution in [0.3, 0.4) is 0 Å². The average Bonchev–Trinajstić information content (AvgIpc) is 3.26. The Labute approximate surface area is 193 Å². The van der Waals surface area contributed by atoms with Gasteiger partial charge in [-0.2, -0.15) is 5.26 Å². The Balaban J connectivity index is 1.54. The van der Waals surface area contributed by atoms with Crippen molar-refractivity contribution >= 4 is 40.5 Å². The van der Waals surface area contributed by atoms with Crippen molar-refractivity contribution in [2.24, 2.45) is 0 Å². The fourth-order valence-corrected chi connectivity index (χ4v) is 4.59. The van der Waals surface area contributed by atoms with Crippen LogP contribution < -0.4 is 15.1 Å². The van der Waals surface area contributed by atoms with Gasteiger partial charge in [-0.05, 0) is 50.1 Å². The van der Waals surface area contributed by atoms with Gasteiger partial charge in [0.05, 0.1) is 35.2 Å². The van der Waals surface area contributed by atoms with E-state index in [9.17, 15) is 14.9 Å². The van der Waals surface area contributed by atoms with E-state index < -0.39 is 0 Å². The molecular formula is C24H26ClN5O2. The van der Waals surface area contributed by atoms with Gasteiger partial charge in [-0.3, -0.25) is 9.59 Å². The number of hydrogen-bond donors (Lipinski definition) is 1. The lowest BCUT2D eigenvalue weighted by molar-refractivity contribution is -0.130. The van der Waals surface area contributed by atoms with E-state index in [4.69, 9.17) is 11.6 Å². The van der Waals surface area contributed by atoms with Crippen molar-refractivity contribution in [1.82, 2.24) is 10.2 Å². The number of halogens is 1. The third-order valence-electron chi connectivity index (χ3n) is 6.11. The highest BCUT2D eigenvalue weighted by molar-refractivity contribution is 6.31. The molecule has 2 heterocycles. The van der Waals surface area contributed by atoms with Crippen LogP contribution in [0.1, 0.15) is 30.1 Å². The Bertz CT molecular complexity index is 1080. The van der Waals surface area contributed by atoms with Crippen molar-refractivity contribution < 1.29 is 9.59 Å². The van der Waals surface area contributed by atoms with Crippen LogP contribution in [0, 0.1) is 11.3 Å². The summed E-state index contributed by atoms with van der Waals surface area (Å²) < 4.78 is 0. The number of fused-ring (bicyclic) bond motifs is 2. The molecule has 32 heavy (non-hydrogen) atoms. The fraction of sp³-hybridized carbons (Fsp3) is 0.375. The molecule has 0 unspecified atom stereocenters. The number of para-hydroxylation sites is 2. The van der Waals surface area contributed by atoms with E-state index in [2.05, 4.69) is 11.4 Å². The number of carbonyl (C=O) groups is 2. The van der Waals surface area contributed by atoms with Crippen molar-refractivity contribution in [1.29, 1.82) is 5.26 Å². The van der Waals surface area contributed by atoms with E-state index >= 15 is 0 Å². The molecule has 166 valence electrons. The zero-order valence-corrected chi connectivity index (χ0v) is 19.0. The maximum Gasteiger partial charge on any atom is 0.260 e. The first-order chi connectivity index (χ1) is 15.4. The second-order valence-electron chi connectivity index (χ2n) is 8.28. The third-order valence-corrected chi connectivity index (χ3v) is 6.34. The number of hydrogen-bond acceptors (Lipinski definition) is 5. The average molecular weight is 452 g/mol. The fourth-order valence-electron chi connectivity index (χ4n) is 4.41. The van der Waals surface area contributed by atoms with Crippen molar-refractivity contribution in [3.8, 4) is 6.07 Å². The van der Waals surface area contributed by atoms with Crippen LogP contribution in [0.4, 0.5) is 17.1 Å². The molecule has 2 aliphatic heterocycles. The molecular weight excluding hydrogens is 426 g/mol. The molecule has 0 aromatic heterocycles. The molecule has 4 rings (SSSR count). The van der Waals surface area contributed by atoms with Gasteiger partial charge in [0, 0.05) is 31.2 Å². The summed E-state index contributed by atoms with van der Waals surface area (Å²) in [5.41, 5.74) is 3.05. The molecule has 1 fully saturated rings. The lowest BCUT2D eigenvalue weighted by Crippen LogP contribution is -2.47. The van der Waals surface area contributed by atoms with Crippen molar-refractivity contribution in [3.63, 3.8) is 0 Å². The van der Waals surface area contributed by atoms with Gasteiger partial charge in [0.15, 0.2) is 0 Å². The normalized spacial score (nSPS) is 18.6. The van der Waals surface area contributed by atoms with E-state index in [1.165, 1.54) is 0 Å². The Kier molecular flexibility index (Phi) is 6.35. The van der Waals surface area contributed by atoms with Crippen LogP contribution >= 0.6 is 11.6 Å². The standard InChI is InChI=1S/C24H26ClN5O2/c1-16(27-14-23(31)29-11-5-6-18(29)13-26)15-30-22-8-4-3-7-21(22)28(2)20-10-9-17(25)12-19(20)24(30)32/h3-4,7-10,12,16,18,27H,5-6,11,14-15H2,1-2H3/t16-,18+/m1/s1. The van der Waals surface area contributed by atoms with Crippen molar-refractivity contribution in [2.45, 2.75) is 31.8 Å². The van der Waals surface area contributed by atoms with Crippen LogP contribution in [0.5, 0.6) is 0 Å². The first-order valence-corrected chi connectivity index (χ1v) is 11.1. The molecule has 2 aliphatic rings. The quantitative estimate of drug-likeness (QED) is 0.751. The van der Waals surface area contributed by atoms with Gasteiger partial charge < -0.3 is 20.0 Å². The maximum atomic E-state index is 13.6. The first kappa shape index (κ1) is 22.1. The SMILES string of the molecule is C[C@H](CN1C(=O)c2cc(Cl)ccc2N(C)c2ccccc21)NCC(=O)N1CCC[C@H]1C#N. The largest absolute Gasteiger partial charge is 0.342 e. The van der Waals surface area contributed by atoms with Crippen molar-refractivity contribution in [3.05, 3.63) is 53.1 Å². The van der Waals surface area contributed by atoms with Gasteiger partial charge in [0.25, 0.3) is 5.91 Å². The number of nitrogens with one attached hydrogen (secondary N) is 1. The monoisotopic (exact) mass is 451 g/mol. The summed E-state index contributed by atoms with van der Waals surface area (Å²) in [5.74, 6) is -0.219. The molecule has 0 radical (unpaired) electrons. The number of carbonyl (C=O) groups excluding carboxylic acids is 2. The molecule has 0 aliphatic carbocycles. The van der Waals surface area contributed by atoms with Gasteiger partial charge in [-0.25, -0.2) is 0 Å². The van der Waals surface area contributed by atoms with E-state index in [1.807, 2.05) is 49.2 Å². The second-order valence-corrected chi connectivity index (χ2v) is 8.72. The number of anilines is 3. The van der Waals surface area contributed by atoms with Crippen LogP contribution in [-0.2, 0) is 4.79 Å². The number of nitriles is 1. The minimum atomic E-state index is -0.338. The van der Waals surface area contributed by atoms with E-state index in [0.29, 0.717) is 23.7 Å². The van der Waals surface area contributed by atoms with Gasteiger partial charge >= 0.3 is 0 Å². The lowest BCUT2D eigenvalue weighted by atomic mass is 10.1. The second kappa shape index (κ2) is 9.19. The number of likely N-dealkylation sites (tertiary alicyclic amines) is 1. The molecule has 1 saturated heterocycles. The molecule has 7 nitrogen and oxygen atoms in total. The molecule has 1 N–H and O–H groups in total. The minimum Gasteiger partial charge on any atom is -0.342 e. The maximum absolute atomic E-state index is 13.6. The van der Waals surface area contributed by atoms with Gasteiger partial charge in [0.2, 0.25) is 5.91 Å². The summed E-state index contributed by atoms with van der Waals surface area (Å²) in [6, 6.07) is 14.8. The first-order valence-electron chi connectivity index (χ1n) is 10.8. The highest BCUT2D eigenvalue weighted by Gasteiger charge is 2.31. The van der Waals surface area contributed by atoms with E-state index in [-0.39, 0.29) is 30.4 Å². The predicted molar refractivity (Wildman–Crippen MR) is 125 cm³/mol. The van der Waals surface area contributed by atoms with E-state index in [0.717, 1.165) is 29.9 Å². The summed E-state index contributed by atoms with van der Waals surface area (Å²) in [4.78, 5) is 31.5. The number of amides is 2. The summed E-state index contributed by atoms with van der Waals surface area (Å²) in [6.45, 7) is 3.08. The summed E-state index contributed by atoms with van der Waals surface area (Å²) >= 11 is 6.21. The molecule has 2 aromatic rings. The Morgan fingerprint density at radius 1 is 1.25 bits per heavy atom. The number of rotatable bonds is 5. The summed E-state index contributed by atoms with van der Waals surface area (Å²) in [6.07, 6.45) is 1.58. The summed E-state index contributed by atoms with van der Waals surface area (Å²) in [5, 5.41) is 13.0. The third kappa shape index (κ3) is 4.16. The van der Waals surface area contributed by atoms with Crippen LogP contribution in [-0.4, -0.2) is 55.5 Å². The Hall–Kier alpha value is -3.08. The predicted octanol–water partition coefficient (Wildman–Crippen LogP) is 3.56. The molecule has 2 atom stereocenters. The van der Waals surface area contributed by atoms with Crippen molar-refractivity contribution in [2.75, 3.05) is 36.5 Å². The highest BCUT2D eigenvalue weighted by atomic mass is 35.5. The lowest BCUT2D eigenvalue weighted by Gasteiger charge is -2.28. The Morgan fingerprint density at radius 3 is 2.75 bits per heavy atom. The smallest absolute Gasteiger partial charge is 0.260 e. The zero-order valence-electron chi connectivity index (χ0n) is 18.2. The molecule has 0 saturated carbocycles. The van der Waals surface area contributed by atoms with Gasteiger partial charge in [-0.15, -0.1) is 0 Å². The van der Waals surface area contributed by atoms with Gasteiger partial charge in [-0.1, -0.05) is 23.7 Å². The van der Waals surface area contributed by atoms with E-state index in [1.54, 1.807) is 21.9 Å². The molecule has 0 spiro atoms. The minimum absolute atomic E-state index is 0.0830. The van der Waals surface area contributed by atoms with Crippen LogP contribution in [0.25, 0.3) is 0 Å². The zero-order chi connectivity index (χ0) is 22.8. The topological polar surface area (TPSA) is 79.7 Å². The Morgan fingerprint density at radius 2 is 2.00 bits per heavy atom. The number of benzene rings is 2. The van der Waals surface area contributed by atoms with Gasteiger partial charge in [0.1, 0.15) is 6.04 Å². The molecule has 0 bridgehead atoms. The molecule has 2 amide bonds. The number of nitrogens with zero attached hydrogens (tertiary/aromatic N) is 4.